The molecule has 0 saturated heterocycles. The number of anilines is 2. The Morgan fingerprint density at radius 1 is 1.25 bits per heavy atom. The molecule has 0 fully saturated rings. The van der Waals surface area contributed by atoms with Crippen molar-refractivity contribution in [1.29, 1.82) is 0 Å². The van der Waals surface area contributed by atoms with Gasteiger partial charge in [0, 0.05) is 23.1 Å². The maximum absolute atomic E-state index is 5.78. The standard InChI is InChI=1S/C16H18N4/c1-10-7-16(19-9-14(10)17)18-8-13-11(2)20-15-6-4-3-5-12(13)15/h3-7,9,20H,8,17H2,1-2H3,(H,18,19). The molecule has 0 atom stereocenters. The number of nitrogen functional groups attached to an aromatic ring is 1. The van der Waals surface area contributed by atoms with Gasteiger partial charge in [-0.05, 0) is 37.1 Å². The number of para-hydroxylation sites is 1. The third-order valence-corrected chi connectivity index (χ3v) is 3.62. The fraction of sp³-hybridized carbons (Fsp3) is 0.188. The number of hydrogen-bond donors (Lipinski definition) is 3. The zero-order valence-corrected chi connectivity index (χ0v) is 11.7. The molecule has 0 saturated carbocycles. The minimum Gasteiger partial charge on any atom is -0.397 e. The molecule has 2 aromatic heterocycles. The van der Waals surface area contributed by atoms with E-state index < -0.39 is 0 Å². The van der Waals surface area contributed by atoms with Gasteiger partial charge in [0.15, 0.2) is 0 Å². The zero-order valence-electron chi connectivity index (χ0n) is 11.7. The number of fused-ring (bicyclic) bond motifs is 1. The van der Waals surface area contributed by atoms with E-state index in [-0.39, 0.29) is 0 Å². The van der Waals surface area contributed by atoms with Crippen molar-refractivity contribution >= 4 is 22.4 Å². The molecule has 0 radical (unpaired) electrons. The molecule has 0 bridgehead atoms. The fourth-order valence-electron chi connectivity index (χ4n) is 2.40. The van der Waals surface area contributed by atoms with E-state index in [2.05, 4.69) is 40.4 Å². The van der Waals surface area contributed by atoms with Crippen LogP contribution >= 0.6 is 0 Å². The van der Waals surface area contributed by atoms with E-state index in [1.807, 2.05) is 19.1 Å². The maximum atomic E-state index is 5.78. The number of aromatic amines is 1. The highest BCUT2D eigenvalue weighted by molar-refractivity contribution is 5.84. The predicted octanol–water partition coefficient (Wildman–Crippen LogP) is 3.37. The molecule has 0 unspecified atom stereocenters. The van der Waals surface area contributed by atoms with Gasteiger partial charge in [0.2, 0.25) is 0 Å². The number of aryl methyl sites for hydroxylation is 2. The summed E-state index contributed by atoms with van der Waals surface area (Å²) in [5.41, 5.74) is 11.2. The van der Waals surface area contributed by atoms with Gasteiger partial charge in [0.1, 0.15) is 5.82 Å². The highest BCUT2D eigenvalue weighted by atomic mass is 15.0. The van der Waals surface area contributed by atoms with Gasteiger partial charge >= 0.3 is 0 Å². The Balaban J connectivity index is 1.86. The summed E-state index contributed by atoms with van der Waals surface area (Å²) in [4.78, 5) is 7.71. The molecule has 0 aliphatic rings. The van der Waals surface area contributed by atoms with E-state index in [1.165, 1.54) is 22.2 Å². The van der Waals surface area contributed by atoms with Crippen LogP contribution in [0.3, 0.4) is 0 Å². The van der Waals surface area contributed by atoms with Crippen molar-refractivity contribution in [2.75, 3.05) is 11.1 Å². The van der Waals surface area contributed by atoms with Crippen LogP contribution in [-0.4, -0.2) is 9.97 Å². The van der Waals surface area contributed by atoms with Crippen LogP contribution in [0.25, 0.3) is 10.9 Å². The van der Waals surface area contributed by atoms with Crippen molar-refractivity contribution in [3.05, 3.63) is 53.3 Å². The molecular formula is C16H18N4. The van der Waals surface area contributed by atoms with Crippen molar-refractivity contribution in [2.45, 2.75) is 20.4 Å². The van der Waals surface area contributed by atoms with E-state index in [0.29, 0.717) is 0 Å². The third kappa shape index (κ3) is 2.20. The van der Waals surface area contributed by atoms with Crippen LogP contribution in [0.2, 0.25) is 0 Å². The predicted molar refractivity (Wildman–Crippen MR) is 83.7 cm³/mol. The molecule has 20 heavy (non-hydrogen) atoms. The quantitative estimate of drug-likeness (QED) is 0.681. The normalized spacial score (nSPS) is 10.9. The Bertz CT molecular complexity index is 758. The van der Waals surface area contributed by atoms with Crippen LogP contribution in [0.1, 0.15) is 16.8 Å². The first-order valence-corrected chi connectivity index (χ1v) is 6.67. The number of hydrogen-bond acceptors (Lipinski definition) is 3. The monoisotopic (exact) mass is 266 g/mol. The summed E-state index contributed by atoms with van der Waals surface area (Å²) in [6.07, 6.45) is 1.69. The summed E-state index contributed by atoms with van der Waals surface area (Å²) < 4.78 is 0. The first-order valence-electron chi connectivity index (χ1n) is 6.67. The average Bonchev–Trinajstić information content (AvgIpc) is 2.76. The van der Waals surface area contributed by atoms with Gasteiger partial charge in [-0.2, -0.15) is 0 Å². The van der Waals surface area contributed by atoms with Crippen LogP contribution in [-0.2, 0) is 6.54 Å². The molecule has 0 spiro atoms. The van der Waals surface area contributed by atoms with Crippen LogP contribution < -0.4 is 11.1 Å². The minimum atomic E-state index is 0.721. The lowest BCUT2D eigenvalue weighted by atomic mass is 10.1. The molecule has 1 aromatic carbocycles. The minimum absolute atomic E-state index is 0.721. The van der Waals surface area contributed by atoms with Gasteiger partial charge in [-0.15, -0.1) is 0 Å². The van der Waals surface area contributed by atoms with E-state index in [1.54, 1.807) is 6.20 Å². The largest absolute Gasteiger partial charge is 0.397 e. The summed E-state index contributed by atoms with van der Waals surface area (Å²) in [6.45, 7) is 4.82. The van der Waals surface area contributed by atoms with Crippen LogP contribution in [0, 0.1) is 13.8 Å². The molecule has 0 aliphatic heterocycles. The highest BCUT2D eigenvalue weighted by Gasteiger charge is 2.07. The van der Waals surface area contributed by atoms with E-state index in [9.17, 15) is 0 Å². The number of nitrogens with one attached hydrogen (secondary N) is 2. The molecule has 3 aromatic rings. The molecule has 4 heteroatoms. The summed E-state index contributed by atoms with van der Waals surface area (Å²) >= 11 is 0. The van der Waals surface area contributed by atoms with E-state index in [4.69, 9.17) is 5.73 Å². The lowest BCUT2D eigenvalue weighted by Crippen LogP contribution is -2.03. The molecule has 3 rings (SSSR count). The molecule has 0 aliphatic carbocycles. The second-order valence-electron chi connectivity index (χ2n) is 5.05. The van der Waals surface area contributed by atoms with Crippen LogP contribution in [0.15, 0.2) is 36.5 Å². The average molecular weight is 266 g/mol. The zero-order chi connectivity index (χ0) is 14.1. The number of H-pyrrole nitrogens is 1. The van der Waals surface area contributed by atoms with Crippen molar-refractivity contribution in [3.8, 4) is 0 Å². The van der Waals surface area contributed by atoms with Crippen molar-refractivity contribution in [2.24, 2.45) is 0 Å². The molecule has 4 N–H and O–H groups in total. The van der Waals surface area contributed by atoms with Crippen LogP contribution in [0.5, 0.6) is 0 Å². The molecule has 0 amide bonds. The smallest absolute Gasteiger partial charge is 0.126 e. The van der Waals surface area contributed by atoms with Crippen molar-refractivity contribution in [1.82, 2.24) is 9.97 Å². The Kier molecular flexibility index (Phi) is 3.06. The van der Waals surface area contributed by atoms with Crippen LogP contribution in [0.4, 0.5) is 11.5 Å². The summed E-state index contributed by atoms with van der Waals surface area (Å²) in [6, 6.07) is 10.3. The molecule has 102 valence electrons. The van der Waals surface area contributed by atoms with Crippen molar-refractivity contribution < 1.29 is 0 Å². The first kappa shape index (κ1) is 12.5. The Hall–Kier alpha value is -2.49. The molecular weight excluding hydrogens is 248 g/mol. The summed E-state index contributed by atoms with van der Waals surface area (Å²) in [5.74, 6) is 0.849. The van der Waals surface area contributed by atoms with Gasteiger partial charge in [-0.1, -0.05) is 18.2 Å². The maximum Gasteiger partial charge on any atom is 0.126 e. The molecule has 4 nitrogen and oxygen atoms in total. The first-order chi connectivity index (χ1) is 9.65. The number of nitrogens with two attached hydrogens (primary N) is 1. The Labute approximate surface area is 118 Å². The number of nitrogens with zero attached hydrogens (tertiary/aromatic N) is 1. The Morgan fingerprint density at radius 2 is 2.05 bits per heavy atom. The van der Waals surface area contributed by atoms with Gasteiger partial charge in [0.05, 0.1) is 11.9 Å². The Morgan fingerprint density at radius 3 is 2.85 bits per heavy atom. The number of benzene rings is 1. The summed E-state index contributed by atoms with van der Waals surface area (Å²) in [5, 5.41) is 4.62. The topological polar surface area (TPSA) is 66.7 Å². The highest BCUT2D eigenvalue weighted by Crippen LogP contribution is 2.23. The van der Waals surface area contributed by atoms with Gasteiger partial charge in [-0.25, -0.2) is 4.98 Å². The fourth-order valence-corrected chi connectivity index (χ4v) is 2.40. The second-order valence-corrected chi connectivity index (χ2v) is 5.05. The lowest BCUT2D eigenvalue weighted by Gasteiger charge is -2.08. The second kappa shape index (κ2) is 4.89. The summed E-state index contributed by atoms with van der Waals surface area (Å²) in [7, 11) is 0. The van der Waals surface area contributed by atoms with Gasteiger partial charge in [0.25, 0.3) is 0 Å². The SMILES string of the molecule is Cc1cc(NCc2c(C)[nH]c3ccccc23)ncc1N. The number of rotatable bonds is 3. The number of aromatic nitrogens is 2. The lowest BCUT2D eigenvalue weighted by molar-refractivity contribution is 1.09. The molecule has 2 heterocycles. The van der Waals surface area contributed by atoms with E-state index >= 15 is 0 Å². The van der Waals surface area contributed by atoms with Gasteiger partial charge in [-0.3, -0.25) is 0 Å². The van der Waals surface area contributed by atoms with Gasteiger partial charge < -0.3 is 16.0 Å². The van der Waals surface area contributed by atoms with E-state index in [0.717, 1.165) is 23.6 Å². The van der Waals surface area contributed by atoms with Crippen molar-refractivity contribution in [3.63, 3.8) is 0 Å². The third-order valence-electron chi connectivity index (χ3n) is 3.62. The number of pyridine rings is 1.